The molecular weight excluding hydrogens is 380 g/mol. The molecule has 0 amide bonds. The summed E-state index contributed by atoms with van der Waals surface area (Å²) in [6.07, 6.45) is 2.64. The normalized spacial score (nSPS) is 20.6. The number of carbonyl (C=O) groups is 1. The minimum atomic E-state index is -3.74. The number of hydrogen-bond donors (Lipinski definition) is 0. The Balaban J connectivity index is 1.75. The van der Waals surface area contributed by atoms with Crippen LogP contribution in [0.1, 0.15) is 52.0 Å². The van der Waals surface area contributed by atoms with E-state index >= 15 is 0 Å². The van der Waals surface area contributed by atoms with Crippen LogP contribution in [0.25, 0.3) is 0 Å². The Morgan fingerprint density at radius 1 is 1.21 bits per heavy atom. The lowest BCUT2D eigenvalue weighted by Crippen LogP contribution is -2.24. The second-order valence-corrected chi connectivity index (χ2v) is 10.1. The summed E-state index contributed by atoms with van der Waals surface area (Å²) in [5.41, 5.74) is 0.523. The Labute approximate surface area is 168 Å². The van der Waals surface area contributed by atoms with Crippen LogP contribution in [0.2, 0.25) is 0 Å². The van der Waals surface area contributed by atoms with Gasteiger partial charge in [-0.25, -0.2) is 0 Å². The van der Waals surface area contributed by atoms with Crippen LogP contribution >= 0.6 is 0 Å². The molecule has 0 bridgehead atoms. The van der Waals surface area contributed by atoms with Gasteiger partial charge in [-0.1, -0.05) is 17.7 Å². The second kappa shape index (κ2) is 9.37. The Hall–Kier alpha value is -1.44. The lowest BCUT2D eigenvalue weighted by molar-refractivity contribution is -0.155. The van der Waals surface area contributed by atoms with Crippen molar-refractivity contribution in [1.29, 1.82) is 0 Å². The van der Waals surface area contributed by atoms with Crippen LogP contribution in [0.4, 0.5) is 0 Å². The van der Waals surface area contributed by atoms with Crippen molar-refractivity contribution in [3.63, 3.8) is 0 Å². The summed E-state index contributed by atoms with van der Waals surface area (Å²) < 4.78 is 40.7. The number of hydrogen-bond acceptors (Lipinski definition) is 6. The maximum atomic E-state index is 12.3. The van der Waals surface area contributed by atoms with Crippen molar-refractivity contribution in [2.24, 2.45) is 11.8 Å². The Morgan fingerprint density at radius 2 is 1.86 bits per heavy atom. The van der Waals surface area contributed by atoms with Gasteiger partial charge in [0.05, 0.1) is 17.6 Å². The monoisotopic (exact) mass is 412 g/mol. The van der Waals surface area contributed by atoms with Crippen LogP contribution in [-0.2, 0) is 28.6 Å². The van der Waals surface area contributed by atoms with E-state index in [2.05, 4.69) is 0 Å². The van der Waals surface area contributed by atoms with Crippen LogP contribution in [0.3, 0.4) is 0 Å². The minimum absolute atomic E-state index is 0.00174. The van der Waals surface area contributed by atoms with Crippen molar-refractivity contribution in [3.8, 4) is 0 Å². The first-order valence-electron chi connectivity index (χ1n) is 9.72. The molecule has 2 rings (SSSR count). The van der Waals surface area contributed by atoms with Gasteiger partial charge in [0.15, 0.2) is 0 Å². The molecule has 6 nitrogen and oxygen atoms in total. The third-order valence-corrected chi connectivity index (χ3v) is 6.09. The Bertz CT molecular complexity index is 748. The van der Waals surface area contributed by atoms with Gasteiger partial charge < -0.3 is 9.47 Å². The summed E-state index contributed by atoms with van der Waals surface area (Å²) in [5.74, 6) is 0.214. The zero-order valence-corrected chi connectivity index (χ0v) is 18.3. The fourth-order valence-electron chi connectivity index (χ4n) is 3.21. The largest absolute Gasteiger partial charge is 0.460 e. The van der Waals surface area contributed by atoms with Crippen molar-refractivity contribution in [1.82, 2.24) is 0 Å². The molecule has 1 saturated carbocycles. The lowest BCUT2D eigenvalue weighted by atomic mass is 10.1. The number of aryl methyl sites for hydroxylation is 1. The predicted octanol–water partition coefficient (Wildman–Crippen LogP) is 3.86. The van der Waals surface area contributed by atoms with Crippen LogP contribution in [0, 0.1) is 18.8 Å². The second-order valence-electron chi connectivity index (χ2n) is 8.46. The standard InChI is InChI=1S/C21H32O6S/c1-15-9-11-17(12-10-15)28(23,24)26-14-16-13-18(16)19(25-5)7-6-8-20(22)27-21(2,3)4/h9-12,16,18-19H,6-8,13-14H2,1-5H3/t16-,18+,19-/m0/s1. The summed E-state index contributed by atoms with van der Waals surface area (Å²) in [7, 11) is -2.09. The van der Waals surface area contributed by atoms with E-state index in [4.69, 9.17) is 13.7 Å². The first-order valence-corrected chi connectivity index (χ1v) is 11.1. The van der Waals surface area contributed by atoms with Crippen molar-refractivity contribution < 1.29 is 26.9 Å². The first-order chi connectivity index (χ1) is 13.0. The number of benzene rings is 1. The van der Waals surface area contributed by atoms with Crippen LogP contribution < -0.4 is 0 Å². The van der Waals surface area contributed by atoms with E-state index in [1.54, 1.807) is 31.4 Å². The van der Waals surface area contributed by atoms with Gasteiger partial charge in [-0.3, -0.25) is 8.98 Å². The van der Waals surface area contributed by atoms with E-state index in [1.165, 1.54) is 0 Å². The molecule has 0 unspecified atom stereocenters. The maximum Gasteiger partial charge on any atom is 0.306 e. The Morgan fingerprint density at radius 3 is 2.43 bits per heavy atom. The molecule has 0 aromatic heterocycles. The third kappa shape index (κ3) is 7.18. The van der Waals surface area contributed by atoms with E-state index in [0.717, 1.165) is 18.4 Å². The van der Waals surface area contributed by atoms with Crippen LogP contribution in [0.15, 0.2) is 29.2 Å². The van der Waals surface area contributed by atoms with Gasteiger partial charge in [-0.05, 0) is 70.9 Å². The molecule has 0 aliphatic heterocycles. The number of methoxy groups -OCH3 is 1. The number of carbonyl (C=O) groups excluding carboxylic acids is 1. The summed E-state index contributed by atoms with van der Waals surface area (Å²) >= 11 is 0. The molecule has 1 fully saturated rings. The highest BCUT2D eigenvalue weighted by Gasteiger charge is 2.44. The lowest BCUT2D eigenvalue weighted by Gasteiger charge is -2.20. The molecule has 0 heterocycles. The average Bonchev–Trinajstić information content (AvgIpc) is 3.35. The fourth-order valence-corrected chi connectivity index (χ4v) is 4.17. The van der Waals surface area contributed by atoms with Gasteiger partial charge in [-0.2, -0.15) is 8.42 Å². The molecule has 158 valence electrons. The molecule has 3 atom stereocenters. The first kappa shape index (κ1) is 22.8. The third-order valence-electron chi connectivity index (χ3n) is 4.79. The average molecular weight is 413 g/mol. The molecule has 1 aromatic rings. The molecule has 0 spiro atoms. The maximum absolute atomic E-state index is 12.3. The SMILES string of the molecule is CO[C@@H](CCCC(=O)OC(C)(C)C)[C@@H]1C[C@H]1COS(=O)(=O)c1ccc(C)cc1. The quantitative estimate of drug-likeness (QED) is 0.429. The zero-order valence-electron chi connectivity index (χ0n) is 17.4. The van der Waals surface area contributed by atoms with Crippen molar-refractivity contribution in [2.75, 3.05) is 13.7 Å². The van der Waals surface area contributed by atoms with Gasteiger partial charge in [0.25, 0.3) is 10.1 Å². The number of esters is 1. The van der Waals surface area contributed by atoms with Gasteiger partial charge in [0.1, 0.15) is 5.60 Å². The predicted molar refractivity (Wildman–Crippen MR) is 106 cm³/mol. The van der Waals surface area contributed by atoms with Gasteiger partial charge in [0.2, 0.25) is 0 Å². The van der Waals surface area contributed by atoms with Crippen molar-refractivity contribution in [3.05, 3.63) is 29.8 Å². The molecular formula is C21H32O6S. The molecule has 7 heteroatoms. The van der Waals surface area contributed by atoms with E-state index in [-0.39, 0.29) is 35.4 Å². The Kier molecular flexibility index (Phi) is 7.65. The van der Waals surface area contributed by atoms with E-state index < -0.39 is 15.7 Å². The van der Waals surface area contributed by atoms with Crippen LogP contribution in [0.5, 0.6) is 0 Å². The highest BCUT2D eigenvalue weighted by molar-refractivity contribution is 7.86. The van der Waals surface area contributed by atoms with Gasteiger partial charge in [-0.15, -0.1) is 0 Å². The smallest absolute Gasteiger partial charge is 0.306 e. The topological polar surface area (TPSA) is 78.9 Å². The van der Waals surface area contributed by atoms with E-state index in [1.807, 2.05) is 27.7 Å². The number of rotatable bonds is 10. The molecule has 1 aromatic carbocycles. The van der Waals surface area contributed by atoms with E-state index in [0.29, 0.717) is 12.8 Å². The summed E-state index contributed by atoms with van der Waals surface area (Å²) in [6, 6.07) is 6.62. The van der Waals surface area contributed by atoms with Gasteiger partial charge in [0, 0.05) is 13.5 Å². The molecule has 0 N–H and O–H groups in total. The molecule has 28 heavy (non-hydrogen) atoms. The molecule has 0 saturated heterocycles. The summed E-state index contributed by atoms with van der Waals surface area (Å²) in [5, 5.41) is 0. The highest BCUT2D eigenvalue weighted by atomic mass is 32.2. The minimum Gasteiger partial charge on any atom is -0.460 e. The molecule has 0 radical (unpaired) electrons. The van der Waals surface area contributed by atoms with E-state index in [9.17, 15) is 13.2 Å². The highest BCUT2D eigenvalue weighted by Crippen LogP contribution is 2.44. The fraction of sp³-hybridized carbons (Fsp3) is 0.667. The van der Waals surface area contributed by atoms with Crippen LogP contribution in [-0.4, -0.2) is 39.8 Å². The summed E-state index contributed by atoms with van der Waals surface area (Å²) in [6.45, 7) is 7.61. The summed E-state index contributed by atoms with van der Waals surface area (Å²) in [4.78, 5) is 12.0. The zero-order chi connectivity index (χ0) is 20.9. The number of ether oxygens (including phenoxy) is 2. The molecule has 1 aliphatic carbocycles. The molecule has 1 aliphatic rings. The van der Waals surface area contributed by atoms with Crippen molar-refractivity contribution in [2.45, 2.75) is 70.0 Å². The van der Waals surface area contributed by atoms with Gasteiger partial charge >= 0.3 is 5.97 Å². The van der Waals surface area contributed by atoms with Crippen molar-refractivity contribution >= 4 is 16.1 Å².